The van der Waals surface area contributed by atoms with Crippen molar-refractivity contribution in [3.05, 3.63) is 0 Å². The lowest BCUT2D eigenvalue weighted by Crippen LogP contribution is -2.62. The summed E-state index contributed by atoms with van der Waals surface area (Å²) in [5, 5.41) is 0.438. The van der Waals surface area contributed by atoms with Gasteiger partial charge in [0.25, 0.3) is 0 Å². The molecule has 2 heteroatoms. The molecule has 0 bridgehead atoms. The SMILES string of the molecule is CCN[Si](C(C)CC)(C(C)CC)C(C)(C)C. The Kier molecular flexibility index (Phi) is 6.27. The molecule has 0 aromatic carbocycles. The van der Waals surface area contributed by atoms with Crippen LogP contribution in [0.5, 0.6) is 0 Å². The van der Waals surface area contributed by atoms with Crippen molar-refractivity contribution in [1.29, 1.82) is 0 Å². The van der Waals surface area contributed by atoms with Crippen LogP contribution in [0.15, 0.2) is 0 Å². The summed E-state index contributed by atoms with van der Waals surface area (Å²) in [6.45, 7) is 20.3. The van der Waals surface area contributed by atoms with Crippen molar-refractivity contribution in [3.8, 4) is 0 Å². The minimum Gasteiger partial charge on any atom is -0.337 e. The van der Waals surface area contributed by atoms with Crippen LogP contribution < -0.4 is 4.98 Å². The van der Waals surface area contributed by atoms with Gasteiger partial charge in [-0.25, -0.2) is 0 Å². The highest BCUT2D eigenvalue weighted by Crippen LogP contribution is 2.50. The topological polar surface area (TPSA) is 12.0 Å². The summed E-state index contributed by atoms with van der Waals surface area (Å²) in [7, 11) is -1.45. The Morgan fingerprint density at radius 2 is 1.31 bits per heavy atom. The van der Waals surface area contributed by atoms with E-state index in [1.807, 2.05) is 0 Å². The molecule has 0 saturated heterocycles. The Balaban J connectivity index is 5.39. The lowest BCUT2D eigenvalue weighted by molar-refractivity contribution is 0.587. The van der Waals surface area contributed by atoms with Crippen LogP contribution in [0.25, 0.3) is 0 Å². The maximum absolute atomic E-state index is 3.98. The first-order valence-corrected chi connectivity index (χ1v) is 9.18. The van der Waals surface area contributed by atoms with Crippen molar-refractivity contribution in [2.45, 2.75) is 84.4 Å². The molecule has 2 atom stereocenters. The Labute approximate surface area is 104 Å². The molecule has 0 amide bonds. The fourth-order valence-corrected chi connectivity index (χ4v) is 10.5. The smallest absolute Gasteiger partial charge is 0.136 e. The number of rotatable bonds is 6. The predicted octanol–water partition coefficient (Wildman–Crippen LogP) is 4.94. The van der Waals surface area contributed by atoms with Crippen LogP contribution in [0, 0.1) is 0 Å². The van der Waals surface area contributed by atoms with Crippen molar-refractivity contribution in [2.24, 2.45) is 0 Å². The number of hydrogen-bond acceptors (Lipinski definition) is 1. The van der Waals surface area contributed by atoms with E-state index in [2.05, 4.69) is 60.4 Å². The highest BCUT2D eigenvalue weighted by Gasteiger charge is 2.50. The van der Waals surface area contributed by atoms with Gasteiger partial charge in [0.05, 0.1) is 0 Å². The zero-order valence-electron chi connectivity index (χ0n) is 12.8. The minimum absolute atomic E-state index is 0.438. The van der Waals surface area contributed by atoms with Gasteiger partial charge >= 0.3 is 0 Å². The van der Waals surface area contributed by atoms with Gasteiger partial charge in [-0.2, -0.15) is 0 Å². The van der Waals surface area contributed by atoms with E-state index in [0.717, 1.165) is 17.6 Å². The normalized spacial score (nSPS) is 20.2. The van der Waals surface area contributed by atoms with E-state index in [0.29, 0.717) is 5.04 Å². The molecule has 0 rings (SSSR count). The van der Waals surface area contributed by atoms with Gasteiger partial charge in [0.2, 0.25) is 0 Å². The minimum atomic E-state index is -1.45. The van der Waals surface area contributed by atoms with Crippen LogP contribution in [-0.4, -0.2) is 14.8 Å². The predicted molar refractivity (Wildman–Crippen MR) is 78.6 cm³/mol. The summed E-state index contributed by atoms with van der Waals surface area (Å²) < 4.78 is 0. The molecule has 98 valence electrons. The molecular weight excluding hydrogens is 210 g/mol. The van der Waals surface area contributed by atoms with Gasteiger partial charge in [-0.15, -0.1) is 0 Å². The average molecular weight is 244 g/mol. The molecule has 0 spiro atoms. The first-order valence-electron chi connectivity index (χ1n) is 7.02. The molecular formula is C14H33NSi. The fraction of sp³-hybridized carbons (Fsp3) is 1.00. The second-order valence-corrected chi connectivity index (χ2v) is 11.8. The summed E-state index contributed by atoms with van der Waals surface area (Å²) in [4.78, 5) is 3.98. The van der Waals surface area contributed by atoms with Crippen molar-refractivity contribution in [2.75, 3.05) is 6.54 Å². The molecule has 0 aromatic heterocycles. The average Bonchev–Trinajstić information content (AvgIpc) is 2.21. The van der Waals surface area contributed by atoms with Crippen LogP contribution in [0.2, 0.25) is 16.1 Å². The van der Waals surface area contributed by atoms with Gasteiger partial charge in [0.15, 0.2) is 0 Å². The molecule has 1 N–H and O–H groups in total. The third-order valence-corrected chi connectivity index (χ3v) is 11.8. The first-order chi connectivity index (χ1) is 7.27. The molecule has 1 nitrogen and oxygen atoms in total. The lowest BCUT2D eigenvalue weighted by Gasteiger charge is -2.51. The Morgan fingerprint density at radius 3 is 1.50 bits per heavy atom. The van der Waals surface area contributed by atoms with Crippen molar-refractivity contribution in [3.63, 3.8) is 0 Å². The number of nitrogens with one attached hydrogen (secondary N) is 1. The lowest BCUT2D eigenvalue weighted by atomic mass is 10.2. The summed E-state index contributed by atoms with van der Waals surface area (Å²) in [5.74, 6) is 0. The van der Waals surface area contributed by atoms with E-state index in [-0.39, 0.29) is 0 Å². The quantitative estimate of drug-likeness (QED) is 0.651. The standard InChI is InChI=1S/C14H33NSi/c1-9-12(4)16(15-11-3,13(5)10-2)14(6,7)8/h12-13,15H,9-11H2,1-8H3. The van der Waals surface area contributed by atoms with Gasteiger partial charge in [-0.05, 0) is 22.7 Å². The van der Waals surface area contributed by atoms with Gasteiger partial charge in [0.1, 0.15) is 8.24 Å². The van der Waals surface area contributed by atoms with E-state index < -0.39 is 8.24 Å². The van der Waals surface area contributed by atoms with Gasteiger partial charge < -0.3 is 4.98 Å². The highest BCUT2D eigenvalue weighted by molar-refractivity contribution is 6.82. The van der Waals surface area contributed by atoms with E-state index in [1.54, 1.807) is 0 Å². The third kappa shape index (κ3) is 2.89. The summed E-state index contributed by atoms with van der Waals surface area (Å²) in [5.41, 5.74) is 1.70. The second-order valence-electron chi connectivity index (χ2n) is 6.27. The summed E-state index contributed by atoms with van der Waals surface area (Å²) in [6, 6.07) is 0. The molecule has 0 aliphatic carbocycles. The van der Waals surface area contributed by atoms with Gasteiger partial charge in [-0.3, -0.25) is 0 Å². The summed E-state index contributed by atoms with van der Waals surface area (Å²) in [6.07, 6.45) is 2.61. The van der Waals surface area contributed by atoms with Gasteiger partial charge in [0, 0.05) is 0 Å². The molecule has 2 unspecified atom stereocenters. The third-order valence-electron chi connectivity index (χ3n) is 4.49. The molecule has 0 fully saturated rings. The molecule has 0 aliphatic rings. The van der Waals surface area contributed by atoms with E-state index in [1.165, 1.54) is 12.8 Å². The monoisotopic (exact) mass is 243 g/mol. The summed E-state index contributed by atoms with van der Waals surface area (Å²) >= 11 is 0. The Morgan fingerprint density at radius 1 is 0.938 bits per heavy atom. The van der Waals surface area contributed by atoms with Crippen LogP contribution in [0.4, 0.5) is 0 Å². The molecule has 0 heterocycles. The van der Waals surface area contributed by atoms with Crippen LogP contribution in [0.3, 0.4) is 0 Å². The maximum atomic E-state index is 3.98. The van der Waals surface area contributed by atoms with Crippen LogP contribution in [0.1, 0.15) is 68.2 Å². The van der Waals surface area contributed by atoms with Crippen LogP contribution in [-0.2, 0) is 0 Å². The molecule has 0 saturated carbocycles. The van der Waals surface area contributed by atoms with Crippen molar-refractivity contribution < 1.29 is 0 Å². The molecule has 16 heavy (non-hydrogen) atoms. The highest BCUT2D eigenvalue weighted by atomic mass is 28.3. The molecule has 0 aromatic rings. The second kappa shape index (κ2) is 6.20. The van der Waals surface area contributed by atoms with Crippen LogP contribution >= 0.6 is 0 Å². The Bertz CT molecular complexity index is 185. The van der Waals surface area contributed by atoms with E-state index in [4.69, 9.17) is 0 Å². The fourth-order valence-electron chi connectivity index (χ4n) is 3.51. The van der Waals surface area contributed by atoms with Crippen molar-refractivity contribution in [1.82, 2.24) is 4.98 Å². The molecule has 0 aliphatic heterocycles. The van der Waals surface area contributed by atoms with Crippen molar-refractivity contribution >= 4 is 8.24 Å². The molecule has 0 radical (unpaired) electrons. The zero-order valence-corrected chi connectivity index (χ0v) is 13.8. The number of hydrogen-bond donors (Lipinski definition) is 1. The maximum Gasteiger partial charge on any atom is 0.136 e. The Hall–Kier alpha value is 0.177. The zero-order chi connectivity index (χ0) is 13.0. The van der Waals surface area contributed by atoms with Gasteiger partial charge in [-0.1, -0.05) is 68.2 Å². The van der Waals surface area contributed by atoms with E-state index >= 15 is 0 Å². The van der Waals surface area contributed by atoms with E-state index in [9.17, 15) is 0 Å². The first kappa shape index (κ1) is 16.2. The largest absolute Gasteiger partial charge is 0.337 e.